The largest absolute Gasteiger partial charge is 0.460 e. The molecular weight excluding hydrogens is 466 g/mol. The summed E-state index contributed by atoms with van der Waals surface area (Å²) in [5, 5.41) is 8.62. The van der Waals surface area contributed by atoms with Gasteiger partial charge in [0, 0.05) is 37.3 Å². The summed E-state index contributed by atoms with van der Waals surface area (Å²) in [6, 6.07) is 8.57. The van der Waals surface area contributed by atoms with E-state index in [2.05, 4.69) is 16.0 Å². The predicted molar refractivity (Wildman–Crippen MR) is 127 cm³/mol. The zero-order chi connectivity index (χ0) is 24.8. The third-order valence-electron chi connectivity index (χ3n) is 5.15. The van der Waals surface area contributed by atoms with Gasteiger partial charge >= 0.3 is 12.0 Å². The van der Waals surface area contributed by atoms with Crippen molar-refractivity contribution in [2.24, 2.45) is 0 Å². The number of carbonyl (C=O) groups excluding carboxylic acids is 2. The fraction of sp³-hybridized carbons (Fsp3) is 0.261. The maximum absolute atomic E-state index is 13.4. The fourth-order valence-corrected chi connectivity index (χ4v) is 3.56. The number of benzene rings is 2. The van der Waals surface area contributed by atoms with E-state index in [1.54, 1.807) is 43.1 Å². The lowest BCUT2D eigenvalue weighted by Crippen LogP contribution is -2.46. The first kappa shape index (κ1) is 25.1. The number of allylic oxidation sites excluding steroid dienone is 1. The van der Waals surface area contributed by atoms with Gasteiger partial charge in [0.15, 0.2) is 16.7 Å². The van der Waals surface area contributed by atoms with Gasteiger partial charge < -0.3 is 30.3 Å². The molecule has 11 heteroatoms. The fourth-order valence-electron chi connectivity index (χ4n) is 3.31. The first-order valence-electron chi connectivity index (χ1n) is 10.2. The molecule has 1 unspecified atom stereocenters. The lowest BCUT2D eigenvalue weighted by atomic mass is 9.95. The normalized spacial score (nSPS) is 15.6. The van der Waals surface area contributed by atoms with Crippen LogP contribution in [0.1, 0.15) is 18.5 Å². The van der Waals surface area contributed by atoms with E-state index in [-0.39, 0.29) is 18.9 Å². The van der Waals surface area contributed by atoms with Crippen LogP contribution >= 0.6 is 12.2 Å². The van der Waals surface area contributed by atoms with Crippen LogP contribution in [-0.2, 0) is 14.3 Å². The molecule has 2 amide bonds. The van der Waals surface area contributed by atoms with E-state index in [0.29, 0.717) is 27.6 Å². The molecule has 0 fully saturated rings. The van der Waals surface area contributed by atoms with Crippen LogP contribution < -0.4 is 16.0 Å². The number of ether oxygens (including phenoxy) is 2. The summed E-state index contributed by atoms with van der Waals surface area (Å²) < 4.78 is 36.8. The molecule has 0 radical (unpaired) electrons. The highest BCUT2D eigenvalue weighted by molar-refractivity contribution is 7.80. The minimum absolute atomic E-state index is 0.0922. The zero-order valence-electron chi connectivity index (χ0n) is 18.8. The molecule has 0 saturated carbocycles. The van der Waals surface area contributed by atoms with Crippen molar-refractivity contribution in [3.63, 3.8) is 0 Å². The maximum Gasteiger partial charge on any atom is 0.338 e. The molecule has 0 aromatic heterocycles. The summed E-state index contributed by atoms with van der Waals surface area (Å²) >= 11 is 5.40. The van der Waals surface area contributed by atoms with Crippen molar-refractivity contribution in [1.82, 2.24) is 10.2 Å². The lowest BCUT2D eigenvalue weighted by molar-refractivity contribution is -0.140. The Hall–Kier alpha value is -3.57. The number of anilines is 2. The molecule has 34 heavy (non-hydrogen) atoms. The van der Waals surface area contributed by atoms with Crippen molar-refractivity contribution in [2.45, 2.75) is 13.0 Å². The predicted octanol–water partition coefficient (Wildman–Crippen LogP) is 3.93. The second-order valence-corrected chi connectivity index (χ2v) is 7.79. The van der Waals surface area contributed by atoms with Gasteiger partial charge in [-0.25, -0.2) is 18.4 Å². The van der Waals surface area contributed by atoms with Gasteiger partial charge in [0.05, 0.1) is 18.2 Å². The minimum Gasteiger partial charge on any atom is -0.460 e. The number of urea groups is 1. The molecule has 0 spiro atoms. The number of carbonyl (C=O) groups is 2. The van der Waals surface area contributed by atoms with Crippen LogP contribution in [0.25, 0.3) is 0 Å². The number of nitrogens with one attached hydrogen (secondary N) is 3. The van der Waals surface area contributed by atoms with E-state index in [4.69, 9.17) is 21.7 Å². The smallest absolute Gasteiger partial charge is 0.338 e. The number of rotatable bonds is 7. The molecule has 1 heterocycles. The Labute approximate surface area is 200 Å². The Morgan fingerprint density at radius 2 is 1.79 bits per heavy atom. The summed E-state index contributed by atoms with van der Waals surface area (Å²) in [6.07, 6.45) is 0. The van der Waals surface area contributed by atoms with Gasteiger partial charge in [0.2, 0.25) is 0 Å². The van der Waals surface area contributed by atoms with Gasteiger partial charge in [-0.15, -0.1) is 0 Å². The Bertz CT molecular complexity index is 1140. The molecule has 0 bridgehead atoms. The number of amides is 2. The molecule has 3 N–H and O–H groups in total. The summed E-state index contributed by atoms with van der Waals surface area (Å²) in [7, 11) is 3.25. The molecule has 2 aromatic carbocycles. The molecule has 1 aliphatic rings. The first-order valence-corrected chi connectivity index (χ1v) is 10.7. The Balaban J connectivity index is 1.81. The molecule has 2 aromatic rings. The molecule has 1 aliphatic heterocycles. The molecular formula is C23H24F2N4O4S. The molecule has 8 nitrogen and oxygen atoms in total. The van der Waals surface area contributed by atoms with Gasteiger partial charge in [0.1, 0.15) is 6.61 Å². The van der Waals surface area contributed by atoms with Crippen LogP contribution in [-0.4, -0.2) is 49.4 Å². The number of nitrogens with zero attached hydrogens (tertiary/aromatic N) is 1. The van der Waals surface area contributed by atoms with Crippen molar-refractivity contribution in [3.05, 3.63) is 70.9 Å². The Morgan fingerprint density at radius 1 is 1.09 bits per heavy atom. The van der Waals surface area contributed by atoms with E-state index in [0.717, 1.165) is 12.1 Å². The van der Waals surface area contributed by atoms with Crippen molar-refractivity contribution >= 4 is 40.7 Å². The molecule has 1 atom stereocenters. The average molecular weight is 491 g/mol. The van der Waals surface area contributed by atoms with Gasteiger partial charge in [0.25, 0.3) is 0 Å². The maximum atomic E-state index is 13.4. The number of hydrogen-bond donors (Lipinski definition) is 3. The monoisotopic (exact) mass is 490 g/mol. The second kappa shape index (κ2) is 11.0. The van der Waals surface area contributed by atoms with Crippen LogP contribution in [0.3, 0.4) is 0 Å². The summed E-state index contributed by atoms with van der Waals surface area (Å²) in [4.78, 5) is 26.9. The van der Waals surface area contributed by atoms with Crippen LogP contribution in [0.2, 0.25) is 0 Å². The topological polar surface area (TPSA) is 91.9 Å². The van der Waals surface area contributed by atoms with E-state index in [1.165, 1.54) is 13.2 Å². The van der Waals surface area contributed by atoms with Crippen molar-refractivity contribution in [1.29, 1.82) is 0 Å². The van der Waals surface area contributed by atoms with Crippen LogP contribution in [0, 0.1) is 11.6 Å². The molecule has 0 aliphatic carbocycles. The number of methoxy groups -OCH3 is 1. The average Bonchev–Trinajstić information content (AvgIpc) is 2.80. The quantitative estimate of drug-likeness (QED) is 0.308. The summed E-state index contributed by atoms with van der Waals surface area (Å²) in [6.45, 7) is 2.13. The van der Waals surface area contributed by atoms with Crippen molar-refractivity contribution < 1.29 is 27.8 Å². The highest BCUT2D eigenvalue weighted by Gasteiger charge is 2.33. The van der Waals surface area contributed by atoms with Crippen molar-refractivity contribution in [2.75, 3.05) is 38.0 Å². The minimum atomic E-state index is -1.07. The third kappa shape index (κ3) is 5.86. The van der Waals surface area contributed by atoms with Gasteiger partial charge in [-0.1, -0.05) is 12.1 Å². The third-order valence-corrected chi connectivity index (χ3v) is 5.54. The van der Waals surface area contributed by atoms with E-state index in [9.17, 15) is 18.4 Å². The summed E-state index contributed by atoms with van der Waals surface area (Å²) in [5.74, 6) is -2.60. The molecule has 0 saturated heterocycles. The summed E-state index contributed by atoms with van der Waals surface area (Å²) in [5.41, 5.74) is 2.16. The van der Waals surface area contributed by atoms with Crippen LogP contribution in [0.15, 0.2) is 53.7 Å². The van der Waals surface area contributed by atoms with E-state index < -0.39 is 29.7 Å². The standard InChI is InChI=1S/C23H24F2N4O4S/c1-13-19(21(30)33-10-9-32-3)20(28-23(34)29(13)2)14-5-4-6-15(11-14)26-22(31)27-16-7-8-17(24)18(25)12-16/h4-8,11-12,20H,9-10H2,1-3H3,(H,28,34)(H2,26,27,31). The highest BCUT2D eigenvalue weighted by atomic mass is 32.1. The van der Waals surface area contributed by atoms with Gasteiger partial charge in [-0.05, 0) is 49.0 Å². The Morgan fingerprint density at radius 3 is 2.47 bits per heavy atom. The first-order chi connectivity index (χ1) is 16.2. The Kier molecular flexibility index (Phi) is 8.13. The molecule has 180 valence electrons. The number of hydrogen-bond acceptors (Lipinski definition) is 5. The number of thiocarbonyl (C=S) groups is 1. The second-order valence-electron chi connectivity index (χ2n) is 7.40. The molecule has 3 rings (SSSR count). The van der Waals surface area contributed by atoms with Crippen LogP contribution in [0.4, 0.5) is 25.0 Å². The lowest BCUT2D eigenvalue weighted by Gasteiger charge is -2.35. The van der Waals surface area contributed by atoms with Crippen LogP contribution in [0.5, 0.6) is 0 Å². The van der Waals surface area contributed by atoms with Crippen molar-refractivity contribution in [3.8, 4) is 0 Å². The zero-order valence-corrected chi connectivity index (χ0v) is 19.6. The van der Waals surface area contributed by atoms with Gasteiger partial charge in [-0.2, -0.15) is 0 Å². The number of esters is 1. The highest BCUT2D eigenvalue weighted by Crippen LogP contribution is 2.32. The SMILES string of the molecule is COCCOC(=O)C1=C(C)N(C)C(=S)NC1c1cccc(NC(=O)Nc2ccc(F)c(F)c2)c1. The van der Waals surface area contributed by atoms with Gasteiger partial charge in [-0.3, -0.25) is 0 Å². The van der Waals surface area contributed by atoms with E-state index >= 15 is 0 Å². The van der Waals surface area contributed by atoms with E-state index in [1.807, 2.05) is 0 Å². The number of halogens is 2.